The van der Waals surface area contributed by atoms with Gasteiger partial charge in [-0.15, -0.1) is 0 Å². The summed E-state index contributed by atoms with van der Waals surface area (Å²) in [7, 11) is 0. The molecule has 0 spiro atoms. The molecule has 8 nitrogen and oxygen atoms in total. The number of piperidine rings is 3. The highest BCUT2D eigenvalue weighted by Crippen LogP contribution is 2.49. The van der Waals surface area contributed by atoms with Crippen molar-refractivity contribution in [1.29, 1.82) is 5.26 Å². The van der Waals surface area contributed by atoms with E-state index in [2.05, 4.69) is 16.0 Å². The number of anilines is 1. The molecule has 0 radical (unpaired) electrons. The Morgan fingerprint density at radius 2 is 2.11 bits per heavy atom. The Morgan fingerprint density at radius 1 is 1.33 bits per heavy atom. The molecular weight excluding hydrogens is 492 g/mol. The quantitative estimate of drug-likeness (QED) is 0.510. The van der Waals surface area contributed by atoms with E-state index >= 15 is 0 Å². The molecule has 0 aromatic heterocycles. The normalized spacial score (nSPS) is 28.4. The van der Waals surface area contributed by atoms with Crippen molar-refractivity contribution in [3.8, 4) is 6.07 Å². The lowest BCUT2D eigenvalue weighted by atomic mass is 9.71. The van der Waals surface area contributed by atoms with E-state index in [1.165, 1.54) is 4.90 Å². The lowest BCUT2D eigenvalue weighted by Gasteiger charge is -2.54. The van der Waals surface area contributed by atoms with E-state index < -0.39 is 60.2 Å². The van der Waals surface area contributed by atoms with Crippen LogP contribution in [-0.4, -0.2) is 59.3 Å². The lowest BCUT2D eigenvalue weighted by Crippen LogP contribution is -2.70. The zero-order valence-electron chi connectivity index (χ0n) is 20.0. The first kappa shape index (κ1) is 26.1. The second-order valence-corrected chi connectivity index (χ2v) is 10.4. The predicted octanol–water partition coefficient (Wildman–Crippen LogP) is 3.08. The van der Waals surface area contributed by atoms with Gasteiger partial charge < -0.3 is 20.9 Å². The van der Waals surface area contributed by atoms with Crippen LogP contribution in [0.5, 0.6) is 0 Å². The molecule has 11 heteroatoms. The summed E-state index contributed by atoms with van der Waals surface area (Å²) in [6, 6.07) is 4.74. The smallest absolute Gasteiger partial charge is 0.255 e. The van der Waals surface area contributed by atoms with E-state index in [0.29, 0.717) is 30.1 Å². The van der Waals surface area contributed by atoms with Crippen LogP contribution in [-0.2, 0) is 14.4 Å². The van der Waals surface area contributed by atoms with Crippen LogP contribution in [0.15, 0.2) is 24.3 Å². The first-order valence-corrected chi connectivity index (χ1v) is 12.7. The first-order valence-electron chi connectivity index (χ1n) is 12.3. The van der Waals surface area contributed by atoms with Crippen molar-refractivity contribution in [1.82, 2.24) is 15.5 Å². The predicted molar refractivity (Wildman–Crippen MR) is 129 cm³/mol. The molecule has 3 saturated heterocycles. The maximum Gasteiger partial charge on any atom is 0.255 e. The Morgan fingerprint density at radius 3 is 2.78 bits per heavy atom. The summed E-state index contributed by atoms with van der Waals surface area (Å²) in [6.45, 7) is 2.18. The van der Waals surface area contributed by atoms with Gasteiger partial charge in [-0.05, 0) is 57.2 Å². The molecule has 4 aliphatic rings. The average molecular weight is 522 g/mol. The van der Waals surface area contributed by atoms with Gasteiger partial charge in [0.05, 0.1) is 12.0 Å². The molecule has 2 bridgehead atoms. The number of amides is 3. The topological polar surface area (TPSA) is 114 Å². The van der Waals surface area contributed by atoms with Gasteiger partial charge in [0.15, 0.2) is 0 Å². The molecule has 5 rings (SSSR count). The van der Waals surface area contributed by atoms with Gasteiger partial charge in [0, 0.05) is 35.6 Å². The fraction of sp³-hybridized carbons (Fsp3) is 0.600. The van der Waals surface area contributed by atoms with Crippen LogP contribution in [0, 0.1) is 23.2 Å². The number of alkyl halides is 2. The number of fused-ring (bicyclic) bond motifs is 3. The third-order valence-corrected chi connectivity index (χ3v) is 7.66. The van der Waals surface area contributed by atoms with Crippen LogP contribution in [0.1, 0.15) is 45.4 Å². The number of carbonyl (C=O) groups excluding carboxylic acids is 3. The SMILES string of the molecule is C[C@H](Nc1cccc(Cl)c1)C(=O)N1[C@H]2CC[C@@H]([C@@H]1C(=O)N[C@H](C#N)C[C@H]1CCCNC1=O)C(F)(F)C2. The van der Waals surface area contributed by atoms with Crippen molar-refractivity contribution >= 4 is 35.0 Å². The number of hydrogen-bond donors (Lipinski definition) is 3. The monoisotopic (exact) mass is 521 g/mol. The standard InChI is InChI=1S/C25H30ClF2N5O3/c1-14(31-17-6-2-5-16(26)11-17)24(36)33-19-7-8-20(25(27,28)12-19)21(33)23(35)32-18(13-29)10-15-4-3-9-30-22(15)34/h2,5-6,11,14-15,18-21,31H,3-4,7-10,12H2,1H3,(H,30,34)(H,32,35)/t14-,15+,18-,19-,20-,21+/m0/s1. The molecule has 6 atom stereocenters. The number of rotatable bonds is 7. The van der Waals surface area contributed by atoms with Gasteiger partial charge in [0.2, 0.25) is 17.7 Å². The molecule has 1 aromatic rings. The fourth-order valence-corrected chi connectivity index (χ4v) is 5.87. The second kappa shape index (κ2) is 10.6. The van der Waals surface area contributed by atoms with E-state index in [1.54, 1.807) is 31.2 Å². The Labute approximate surface area is 213 Å². The molecule has 36 heavy (non-hydrogen) atoms. The molecule has 1 aliphatic carbocycles. The minimum Gasteiger partial charge on any atom is -0.374 e. The highest BCUT2D eigenvalue weighted by Gasteiger charge is 2.60. The highest BCUT2D eigenvalue weighted by molar-refractivity contribution is 6.30. The maximum absolute atomic E-state index is 14.9. The highest BCUT2D eigenvalue weighted by atomic mass is 35.5. The minimum absolute atomic E-state index is 0.0892. The molecule has 1 saturated carbocycles. The lowest BCUT2D eigenvalue weighted by molar-refractivity contribution is -0.194. The Hall–Kier alpha value is -2.93. The second-order valence-electron chi connectivity index (χ2n) is 9.93. The summed E-state index contributed by atoms with van der Waals surface area (Å²) in [5, 5.41) is 18.4. The van der Waals surface area contributed by atoms with Gasteiger partial charge in [0.25, 0.3) is 5.92 Å². The van der Waals surface area contributed by atoms with Crippen LogP contribution < -0.4 is 16.0 Å². The van der Waals surface area contributed by atoms with E-state index in [-0.39, 0.29) is 18.7 Å². The zero-order chi connectivity index (χ0) is 26.0. The Bertz CT molecular complexity index is 1060. The largest absolute Gasteiger partial charge is 0.374 e. The number of hydrogen-bond acceptors (Lipinski definition) is 5. The molecule has 3 aliphatic heterocycles. The van der Waals surface area contributed by atoms with Crippen molar-refractivity contribution in [3.05, 3.63) is 29.3 Å². The van der Waals surface area contributed by atoms with Crippen LogP contribution in [0.25, 0.3) is 0 Å². The van der Waals surface area contributed by atoms with Crippen molar-refractivity contribution in [2.45, 2.75) is 75.5 Å². The van der Waals surface area contributed by atoms with Crippen molar-refractivity contribution in [2.24, 2.45) is 11.8 Å². The van der Waals surface area contributed by atoms with E-state index in [0.717, 1.165) is 6.42 Å². The fourth-order valence-electron chi connectivity index (χ4n) is 5.68. The number of carbonyl (C=O) groups is 3. The summed E-state index contributed by atoms with van der Waals surface area (Å²) >= 11 is 6.02. The Kier molecular flexibility index (Phi) is 7.69. The molecular formula is C25H30ClF2N5O3. The van der Waals surface area contributed by atoms with Gasteiger partial charge in [-0.3, -0.25) is 14.4 Å². The van der Waals surface area contributed by atoms with Crippen LogP contribution >= 0.6 is 11.6 Å². The maximum atomic E-state index is 14.9. The van der Waals surface area contributed by atoms with E-state index in [1.807, 2.05) is 6.07 Å². The Balaban J connectivity index is 1.52. The van der Waals surface area contributed by atoms with Crippen molar-refractivity contribution in [3.63, 3.8) is 0 Å². The number of nitrogens with zero attached hydrogens (tertiary/aromatic N) is 2. The summed E-state index contributed by atoms with van der Waals surface area (Å²) in [5.41, 5.74) is 0.590. The summed E-state index contributed by atoms with van der Waals surface area (Å²) in [4.78, 5) is 40.3. The molecule has 0 unspecified atom stereocenters. The summed E-state index contributed by atoms with van der Waals surface area (Å²) in [6.07, 6.45) is 1.43. The van der Waals surface area contributed by atoms with Gasteiger partial charge in [-0.25, -0.2) is 8.78 Å². The zero-order valence-corrected chi connectivity index (χ0v) is 20.7. The molecule has 3 N–H and O–H groups in total. The molecule has 194 valence electrons. The van der Waals surface area contributed by atoms with Gasteiger partial charge >= 0.3 is 0 Å². The third kappa shape index (κ3) is 5.41. The summed E-state index contributed by atoms with van der Waals surface area (Å²) < 4.78 is 29.8. The van der Waals surface area contributed by atoms with Crippen molar-refractivity contribution in [2.75, 3.05) is 11.9 Å². The molecule has 1 aromatic carbocycles. The number of benzene rings is 1. The number of nitriles is 1. The molecule has 3 heterocycles. The van der Waals surface area contributed by atoms with Crippen LogP contribution in [0.2, 0.25) is 5.02 Å². The van der Waals surface area contributed by atoms with Crippen LogP contribution in [0.3, 0.4) is 0 Å². The third-order valence-electron chi connectivity index (χ3n) is 7.43. The number of nitrogens with one attached hydrogen (secondary N) is 3. The number of halogens is 3. The van der Waals surface area contributed by atoms with Gasteiger partial charge in [-0.2, -0.15) is 5.26 Å². The van der Waals surface area contributed by atoms with E-state index in [4.69, 9.17) is 11.6 Å². The minimum atomic E-state index is -3.10. The first-order chi connectivity index (χ1) is 17.1. The van der Waals surface area contributed by atoms with E-state index in [9.17, 15) is 28.4 Å². The van der Waals surface area contributed by atoms with Gasteiger partial charge in [-0.1, -0.05) is 17.7 Å². The van der Waals surface area contributed by atoms with Crippen molar-refractivity contribution < 1.29 is 23.2 Å². The molecule has 4 fully saturated rings. The summed E-state index contributed by atoms with van der Waals surface area (Å²) in [5.74, 6) is -6.32. The van der Waals surface area contributed by atoms with Gasteiger partial charge in [0.1, 0.15) is 18.1 Å². The average Bonchev–Trinajstić information content (AvgIpc) is 2.83. The van der Waals surface area contributed by atoms with Crippen LogP contribution in [0.4, 0.5) is 14.5 Å². The molecule has 3 amide bonds.